The number of rotatable bonds is 5. The molecule has 2 N–H and O–H groups in total. The molecule has 148 valence electrons. The minimum absolute atomic E-state index is 0.104. The summed E-state index contributed by atoms with van der Waals surface area (Å²) in [6.45, 7) is 0.623. The SMILES string of the molecule is CC(=O)NNC(=O)COC(=O)c1cn(-c2ccccc2)nc1-c1ccc(F)cc1. The van der Waals surface area contributed by atoms with Crippen molar-refractivity contribution in [1.82, 2.24) is 20.6 Å². The summed E-state index contributed by atoms with van der Waals surface area (Å²) in [5.74, 6) is -2.38. The number of hydrogen-bond donors (Lipinski definition) is 2. The monoisotopic (exact) mass is 396 g/mol. The minimum Gasteiger partial charge on any atom is -0.452 e. The van der Waals surface area contributed by atoms with E-state index < -0.39 is 30.2 Å². The maximum absolute atomic E-state index is 13.3. The summed E-state index contributed by atoms with van der Waals surface area (Å²) in [6, 6.07) is 14.6. The zero-order chi connectivity index (χ0) is 20.8. The van der Waals surface area contributed by atoms with Crippen molar-refractivity contribution < 1.29 is 23.5 Å². The molecular formula is C20H17FN4O4. The predicted octanol–water partition coefficient (Wildman–Crippen LogP) is 2.00. The minimum atomic E-state index is -0.788. The molecule has 2 amide bonds. The Balaban J connectivity index is 1.86. The molecule has 0 saturated carbocycles. The van der Waals surface area contributed by atoms with E-state index in [1.165, 1.54) is 42.1 Å². The number of amides is 2. The van der Waals surface area contributed by atoms with Crippen molar-refractivity contribution in [3.63, 3.8) is 0 Å². The Labute approximate surface area is 165 Å². The van der Waals surface area contributed by atoms with Crippen molar-refractivity contribution in [3.05, 3.63) is 72.2 Å². The molecule has 1 heterocycles. The number of esters is 1. The van der Waals surface area contributed by atoms with Crippen LogP contribution in [0.15, 0.2) is 60.8 Å². The Morgan fingerprint density at radius 3 is 2.38 bits per heavy atom. The fourth-order valence-corrected chi connectivity index (χ4v) is 2.46. The molecule has 0 saturated heterocycles. The molecule has 0 spiro atoms. The van der Waals surface area contributed by atoms with Gasteiger partial charge in [-0.25, -0.2) is 13.9 Å². The Morgan fingerprint density at radius 2 is 1.72 bits per heavy atom. The molecule has 0 aliphatic heterocycles. The first-order valence-corrected chi connectivity index (χ1v) is 8.57. The number of benzene rings is 2. The second-order valence-electron chi connectivity index (χ2n) is 5.98. The highest BCUT2D eigenvalue weighted by molar-refractivity contribution is 5.97. The number of nitrogens with zero attached hydrogens (tertiary/aromatic N) is 2. The van der Waals surface area contributed by atoms with Gasteiger partial charge in [0.2, 0.25) is 5.91 Å². The van der Waals surface area contributed by atoms with E-state index in [1.807, 2.05) is 18.2 Å². The molecule has 0 fully saturated rings. The number of carbonyl (C=O) groups is 3. The second kappa shape index (κ2) is 8.79. The van der Waals surface area contributed by atoms with Crippen LogP contribution in [0.5, 0.6) is 0 Å². The summed E-state index contributed by atoms with van der Waals surface area (Å²) in [5, 5.41) is 4.42. The van der Waals surface area contributed by atoms with Crippen LogP contribution in [0.1, 0.15) is 17.3 Å². The number of nitrogens with one attached hydrogen (secondary N) is 2. The van der Waals surface area contributed by atoms with Gasteiger partial charge >= 0.3 is 5.97 Å². The number of halogens is 1. The Morgan fingerprint density at radius 1 is 1.03 bits per heavy atom. The third-order valence-corrected chi connectivity index (χ3v) is 3.78. The van der Waals surface area contributed by atoms with Crippen molar-refractivity contribution in [3.8, 4) is 16.9 Å². The first-order chi connectivity index (χ1) is 13.9. The summed E-state index contributed by atoms with van der Waals surface area (Å²) >= 11 is 0. The lowest BCUT2D eigenvalue weighted by atomic mass is 10.1. The Hall–Kier alpha value is -4.01. The molecule has 9 heteroatoms. The first kappa shape index (κ1) is 19.7. The van der Waals surface area contributed by atoms with Crippen LogP contribution in [-0.4, -0.2) is 34.2 Å². The molecular weight excluding hydrogens is 379 g/mol. The lowest BCUT2D eigenvalue weighted by molar-refractivity contribution is -0.129. The van der Waals surface area contributed by atoms with Gasteiger partial charge in [-0.1, -0.05) is 18.2 Å². The number of carbonyl (C=O) groups excluding carboxylic acids is 3. The average molecular weight is 396 g/mol. The van der Waals surface area contributed by atoms with Crippen LogP contribution in [0.3, 0.4) is 0 Å². The average Bonchev–Trinajstić information content (AvgIpc) is 3.17. The van der Waals surface area contributed by atoms with Gasteiger partial charge in [0.25, 0.3) is 5.91 Å². The molecule has 0 radical (unpaired) electrons. The van der Waals surface area contributed by atoms with Gasteiger partial charge in [0.15, 0.2) is 6.61 Å². The molecule has 0 atom stereocenters. The van der Waals surface area contributed by atoms with Crippen LogP contribution >= 0.6 is 0 Å². The lowest BCUT2D eigenvalue weighted by Gasteiger charge is -2.06. The summed E-state index contributed by atoms with van der Waals surface area (Å²) in [7, 11) is 0. The summed E-state index contributed by atoms with van der Waals surface area (Å²) in [6.07, 6.45) is 1.47. The number of hydrogen-bond acceptors (Lipinski definition) is 5. The van der Waals surface area contributed by atoms with Crippen molar-refractivity contribution in [2.45, 2.75) is 6.92 Å². The predicted molar refractivity (Wildman–Crippen MR) is 101 cm³/mol. The van der Waals surface area contributed by atoms with Crippen LogP contribution in [-0.2, 0) is 14.3 Å². The number of ether oxygens (including phenoxy) is 1. The highest BCUT2D eigenvalue weighted by Gasteiger charge is 2.21. The fourth-order valence-electron chi connectivity index (χ4n) is 2.46. The number of aromatic nitrogens is 2. The third kappa shape index (κ3) is 5.04. The van der Waals surface area contributed by atoms with E-state index in [2.05, 4.69) is 16.0 Å². The highest BCUT2D eigenvalue weighted by atomic mass is 19.1. The maximum Gasteiger partial charge on any atom is 0.342 e. The Bertz CT molecular complexity index is 1030. The van der Waals surface area contributed by atoms with Gasteiger partial charge < -0.3 is 4.74 Å². The number of para-hydroxylation sites is 1. The summed E-state index contributed by atoms with van der Waals surface area (Å²) < 4.78 is 19.8. The zero-order valence-corrected chi connectivity index (χ0v) is 15.4. The summed E-state index contributed by atoms with van der Waals surface area (Å²) in [5.41, 5.74) is 5.79. The van der Waals surface area contributed by atoms with E-state index in [0.717, 1.165) is 0 Å². The van der Waals surface area contributed by atoms with Gasteiger partial charge in [-0.2, -0.15) is 5.10 Å². The normalized spacial score (nSPS) is 10.3. The quantitative estimate of drug-likeness (QED) is 0.507. The van der Waals surface area contributed by atoms with E-state index in [-0.39, 0.29) is 11.3 Å². The smallest absolute Gasteiger partial charge is 0.342 e. The van der Waals surface area contributed by atoms with E-state index in [4.69, 9.17) is 4.74 Å². The van der Waals surface area contributed by atoms with Gasteiger partial charge in [0.1, 0.15) is 17.1 Å². The van der Waals surface area contributed by atoms with Crippen molar-refractivity contribution >= 4 is 17.8 Å². The fraction of sp³-hybridized carbons (Fsp3) is 0.100. The first-order valence-electron chi connectivity index (χ1n) is 8.57. The Kier molecular flexibility index (Phi) is 5.98. The van der Waals surface area contributed by atoms with Gasteiger partial charge in [-0.05, 0) is 36.4 Å². The molecule has 8 nitrogen and oxygen atoms in total. The van der Waals surface area contributed by atoms with E-state index in [0.29, 0.717) is 11.3 Å². The van der Waals surface area contributed by atoms with Crippen LogP contribution in [0.2, 0.25) is 0 Å². The molecule has 0 aliphatic rings. The summed E-state index contributed by atoms with van der Waals surface area (Å²) in [4.78, 5) is 35.0. The topological polar surface area (TPSA) is 102 Å². The second-order valence-corrected chi connectivity index (χ2v) is 5.98. The highest BCUT2D eigenvalue weighted by Crippen LogP contribution is 2.24. The van der Waals surface area contributed by atoms with Crippen LogP contribution in [0.4, 0.5) is 4.39 Å². The number of hydrazine groups is 1. The van der Waals surface area contributed by atoms with Gasteiger partial charge in [-0.3, -0.25) is 20.4 Å². The molecule has 3 aromatic rings. The van der Waals surface area contributed by atoms with Crippen molar-refractivity contribution in [1.29, 1.82) is 0 Å². The molecule has 2 aromatic carbocycles. The van der Waals surface area contributed by atoms with E-state index in [1.54, 1.807) is 12.1 Å². The molecule has 0 bridgehead atoms. The maximum atomic E-state index is 13.3. The standard InChI is InChI=1S/C20H17FN4O4/c1-13(26)22-23-18(27)12-29-20(28)17-11-25(16-5-3-2-4-6-16)24-19(17)14-7-9-15(21)10-8-14/h2-11H,12H2,1H3,(H,22,26)(H,23,27). The molecule has 0 unspecified atom stereocenters. The van der Waals surface area contributed by atoms with Crippen LogP contribution < -0.4 is 10.9 Å². The van der Waals surface area contributed by atoms with E-state index in [9.17, 15) is 18.8 Å². The van der Waals surface area contributed by atoms with Crippen molar-refractivity contribution in [2.24, 2.45) is 0 Å². The van der Waals surface area contributed by atoms with Crippen LogP contribution in [0.25, 0.3) is 16.9 Å². The van der Waals surface area contributed by atoms with Gasteiger partial charge in [0.05, 0.1) is 5.69 Å². The largest absolute Gasteiger partial charge is 0.452 e. The van der Waals surface area contributed by atoms with Gasteiger partial charge in [-0.15, -0.1) is 0 Å². The lowest BCUT2D eigenvalue weighted by Crippen LogP contribution is -2.42. The molecule has 1 aromatic heterocycles. The van der Waals surface area contributed by atoms with E-state index >= 15 is 0 Å². The zero-order valence-electron chi connectivity index (χ0n) is 15.4. The molecule has 3 rings (SSSR count). The van der Waals surface area contributed by atoms with Crippen LogP contribution in [0, 0.1) is 5.82 Å². The third-order valence-electron chi connectivity index (χ3n) is 3.78. The van der Waals surface area contributed by atoms with Crippen molar-refractivity contribution in [2.75, 3.05) is 6.61 Å². The van der Waals surface area contributed by atoms with Gasteiger partial charge in [0, 0.05) is 18.7 Å². The molecule has 0 aliphatic carbocycles. The molecule has 29 heavy (non-hydrogen) atoms.